The molecule has 0 amide bonds. The van der Waals surface area contributed by atoms with Crippen molar-refractivity contribution in [3.05, 3.63) is 388 Å². The Morgan fingerprint density at radius 3 is 0.970 bits per heavy atom. The van der Waals surface area contributed by atoms with Gasteiger partial charge in [-0.3, -0.25) is 0 Å². The first-order chi connectivity index (χ1) is 49.6. The molecule has 0 N–H and O–H groups in total. The molecule has 0 aliphatic heterocycles. The van der Waals surface area contributed by atoms with Crippen molar-refractivity contribution in [2.24, 2.45) is 0 Å². The Balaban J connectivity index is 0.690. The summed E-state index contributed by atoms with van der Waals surface area (Å²) in [6.45, 7) is 0. The van der Waals surface area contributed by atoms with Crippen LogP contribution in [0.25, 0.3) is 153 Å². The van der Waals surface area contributed by atoms with E-state index in [9.17, 15) is 0 Å². The van der Waals surface area contributed by atoms with Crippen molar-refractivity contribution in [2.75, 3.05) is 0 Å². The van der Waals surface area contributed by atoms with Crippen LogP contribution in [-0.2, 0) is 0 Å². The average molecular weight is 1310 g/mol. The van der Waals surface area contributed by atoms with Gasteiger partial charge in [0, 0.05) is 72.7 Å². The lowest BCUT2D eigenvalue weighted by atomic mass is 9.96. The monoisotopic (exact) mass is 1310 g/mol. The SMILES string of the molecule is c1ccc(-c2ccc(-c3ccc(-c4ccc(-c5ccc(-c6ccc(S(c7ccccc7)(c7ccccc7)c7ccc(-c8ccc9c(c8)c8cc(-c%10ccc%11c(c%10)c%10ccccc%10n%11-c%10ccccc%10)ccc8n9-c8ccccc8)c8c7sc7ccccc78)cc6)cc5)cc4)cc3)cc2)cc1. The van der Waals surface area contributed by atoms with Crippen molar-refractivity contribution < 1.29 is 0 Å². The summed E-state index contributed by atoms with van der Waals surface area (Å²) < 4.78 is 7.42. The van der Waals surface area contributed by atoms with Gasteiger partial charge >= 0.3 is 0 Å². The van der Waals surface area contributed by atoms with Crippen molar-refractivity contribution >= 4 is 85.1 Å². The summed E-state index contributed by atoms with van der Waals surface area (Å²) in [5.41, 5.74) is 23.9. The maximum atomic E-state index is 2.49. The van der Waals surface area contributed by atoms with Gasteiger partial charge in [-0.25, -0.2) is 0 Å². The molecule has 100 heavy (non-hydrogen) atoms. The fourth-order valence-electron chi connectivity index (χ4n) is 15.5. The van der Waals surface area contributed by atoms with Gasteiger partial charge in [0.05, 0.1) is 22.1 Å². The van der Waals surface area contributed by atoms with Crippen molar-refractivity contribution in [1.29, 1.82) is 0 Å². The van der Waals surface area contributed by atoms with E-state index in [4.69, 9.17) is 0 Å². The van der Waals surface area contributed by atoms with Gasteiger partial charge in [0.15, 0.2) is 0 Å². The highest BCUT2D eigenvalue weighted by atomic mass is 32.3. The zero-order valence-corrected chi connectivity index (χ0v) is 56.3. The second-order valence-electron chi connectivity index (χ2n) is 25.9. The lowest BCUT2D eigenvalue weighted by molar-refractivity contribution is 1.18. The van der Waals surface area contributed by atoms with Gasteiger partial charge in [0.25, 0.3) is 0 Å². The molecule has 470 valence electrons. The lowest BCUT2D eigenvalue weighted by Gasteiger charge is -2.42. The van der Waals surface area contributed by atoms with Crippen LogP contribution < -0.4 is 0 Å². The molecule has 0 aliphatic rings. The van der Waals surface area contributed by atoms with E-state index in [1.807, 2.05) is 11.3 Å². The standard InChI is InChI=1S/C96H64N2S2/c1-6-20-65(21-7-1)66-34-36-67(37-35-66)68-38-40-69(41-39-68)70-42-44-71(45-43-70)72-46-48-73(49-47-72)74-50-55-82(56-51-74)100(80-26-12-4-13-27-80,81-28-14-5-15-29-81)94-61-57-83(95-85-31-17-19-33-93(85)99-96(94)95)77-54-60-92-88(64-77)87-63-76(53-59-91(87)98(92)79-24-10-3-11-25-79)75-52-58-90-86(62-75)84-30-16-18-32-89(84)97(90)78-22-8-2-9-23-78/h1-64H. The molecule has 3 aromatic heterocycles. The van der Waals surface area contributed by atoms with E-state index in [0.717, 1.165) is 11.4 Å². The number of fused-ring (bicyclic) bond motifs is 9. The molecule has 0 bridgehead atoms. The molecule has 4 heteroatoms. The van der Waals surface area contributed by atoms with Crippen molar-refractivity contribution in [3.8, 4) is 89.3 Å². The molecule has 16 aromatic carbocycles. The highest BCUT2D eigenvalue weighted by Crippen LogP contribution is 2.75. The third-order valence-electron chi connectivity index (χ3n) is 20.3. The predicted octanol–water partition coefficient (Wildman–Crippen LogP) is 27.3. The minimum Gasteiger partial charge on any atom is -0.309 e. The first-order valence-corrected chi connectivity index (χ1v) is 36.7. The molecule has 19 rings (SSSR count). The number of thiophene rings is 1. The molecule has 0 saturated carbocycles. The van der Waals surface area contributed by atoms with Gasteiger partial charge in [-0.1, -0.05) is 273 Å². The Bertz CT molecular complexity index is 6200. The summed E-state index contributed by atoms with van der Waals surface area (Å²) in [6, 6.07) is 144. The molecule has 0 aliphatic carbocycles. The number of nitrogens with zero attached hydrogens (tertiary/aromatic N) is 2. The third kappa shape index (κ3) is 10.0. The van der Waals surface area contributed by atoms with E-state index in [0.29, 0.717) is 0 Å². The number of para-hydroxylation sites is 3. The molecule has 0 atom stereocenters. The minimum absolute atomic E-state index is 1.14. The van der Waals surface area contributed by atoms with E-state index in [1.165, 1.54) is 161 Å². The van der Waals surface area contributed by atoms with Crippen LogP contribution in [0.2, 0.25) is 0 Å². The topological polar surface area (TPSA) is 9.86 Å². The van der Waals surface area contributed by atoms with Crippen LogP contribution in [0.3, 0.4) is 0 Å². The maximum Gasteiger partial charge on any atom is 0.0541 e. The Kier molecular flexibility index (Phi) is 14.5. The quantitative estimate of drug-likeness (QED) is 0.109. The molecular formula is C96H64N2S2. The van der Waals surface area contributed by atoms with Gasteiger partial charge in [-0.2, -0.15) is 0 Å². The van der Waals surface area contributed by atoms with Crippen LogP contribution in [0.5, 0.6) is 0 Å². The Morgan fingerprint density at radius 2 is 0.520 bits per heavy atom. The number of rotatable bonds is 13. The highest BCUT2D eigenvalue weighted by molar-refractivity contribution is 8.34. The number of benzene rings is 16. The van der Waals surface area contributed by atoms with Crippen LogP contribution in [-0.4, -0.2) is 9.13 Å². The van der Waals surface area contributed by atoms with E-state index < -0.39 is 10.0 Å². The molecule has 0 saturated heterocycles. The summed E-state index contributed by atoms with van der Waals surface area (Å²) in [7, 11) is -2.13. The van der Waals surface area contributed by atoms with Crippen molar-refractivity contribution in [1.82, 2.24) is 9.13 Å². The van der Waals surface area contributed by atoms with Gasteiger partial charge in [-0.15, -0.1) is 21.4 Å². The Labute approximate surface area is 587 Å². The smallest absolute Gasteiger partial charge is 0.0541 e. The van der Waals surface area contributed by atoms with E-state index in [1.54, 1.807) is 0 Å². The molecule has 19 aromatic rings. The van der Waals surface area contributed by atoms with Gasteiger partial charge in [0.2, 0.25) is 0 Å². The summed E-state index contributed by atoms with van der Waals surface area (Å²) >= 11 is 1.93. The Morgan fingerprint density at radius 1 is 0.210 bits per heavy atom. The van der Waals surface area contributed by atoms with E-state index >= 15 is 0 Å². The van der Waals surface area contributed by atoms with E-state index in [-0.39, 0.29) is 0 Å². The average Bonchev–Trinajstić information content (AvgIpc) is 1.32. The van der Waals surface area contributed by atoms with Gasteiger partial charge in [-0.05, 0) is 193 Å². The molecule has 0 fully saturated rings. The first kappa shape index (κ1) is 59.0. The van der Waals surface area contributed by atoms with Crippen LogP contribution in [0.4, 0.5) is 0 Å². The fourth-order valence-corrected chi connectivity index (χ4v) is 21.0. The molecule has 2 nitrogen and oxygen atoms in total. The normalized spacial score (nSPS) is 12.0. The second-order valence-corrected chi connectivity index (χ2v) is 30.0. The van der Waals surface area contributed by atoms with Crippen LogP contribution in [0.15, 0.2) is 408 Å². The minimum atomic E-state index is -2.13. The van der Waals surface area contributed by atoms with Gasteiger partial charge in [0.1, 0.15) is 0 Å². The molecule has 3 heterocycles. The fraction of sp³-hybridized carbons (Fsp3) is 0. The number of hydrogen-bond donors (Lipinski definition) is 0. The van der Waals surface area contributed by atoms with Gasteiger partial charge < -0.3 is 9.13 Å². The third-order valence-corrected chi connectivity index (χ3v) is 25.6. The largest absolute Gasteiger partial charge is 0.309 e. The molecule has 0 unspecified atom stereocenters. The lowest BCUT2D eigenvalue weighted by Crippen LogP contribution is -2.05. The van der Waals surface area contributed by atoms with Crippen molar-refractivity contribution in [2.45, 2.75) is 19.6 Å². The summed E-state index contributed by atoms with van der Waals surface area (Å²) in [5, 5.41) is 7.48. The summed E-state index contributed by atoms with van der Waals surface area (Å²) in [6.07, 6.45) is 0. The molecule has 0 radical (unpaired) electrons. The zero-order chi connectivity index (χ0) is 66.1. The first-order valence-electron chi connectivity index (χ1n) is 34.3. The van der Waals surface area contributed by atoms with Crippen molar-refractivity contribution in [3.63, 3.8) is 0 Å². The summed E-state index contributed by atoms with van der Waals surface area (Å²) in [4.78, 5) is 5.22. The molecular weight excluding hydrogens is 1250 g/mol. The van der Waals surface area contributed by atoms with Crippen LogP contribution >= 0.6 is 21.4 Å². The van der Waals surface area contributed by atoms with Crippen LogP contribution in [0, 0.1) is 0 Å². The zero-order valence-electron chi connectivity index (χ0n) is 54.7. The predicted molar refractivity (Wildman–Crippen MR) is 426 cm³/mol. The Hall–Kier alpha value is -12.3. The number of aromatic nitrogens is 2. The second kappa shape index (κ2) is 24.7. The maximum absolute atomic E-state index is 2.49. The van der Waals surface area contributed by atoms with E-state index in [2.05, 4.69) is 397 Å². The number of hydrogen-bond acceptors (Lipinski definition) is 1. The summed E-state index contributed by atoms with van der Waals surface area (Å²) in [5.74, 6) is 0. The van der Waals surface area contributed by atoms with Crippen LogP contribution in [0.1, 0.15) is 0 Å². The highest BCUT2D eigenvalue weighted by Gasteiger charge is 2.36. The molecule has 0 spiro atoms.